The van der Waals surface area contributed by atoms with E-state index in [1.54, 1.807) is 7.11 Å². The summed E-state index contributed by atoms with van der Waals surface area (Å²) < 4.78 is 5.29. The molecule has 94 valence electrons. The molecule has 4 nitrogen and oxygen atoms in total. The Bertz CT molecular complexity index is 390. The molecule has 17 heavy (non-hydrogen) atoms. The largest absolute Gasteiger partial charge is 0.496 e. The third-order valence-electron chi connectivity index (χ3n) is 2.64. The van der Waals surface area contributed by atoms with Gasteiger partial charge in [0.25, 0.3) is 0 Å². The number of aliphatic carboxylic acids is 1. The van der Waals surface area contributed by atoms with Crippen molar-refractivity contribution >= 4 is 5.97 Å². The normalized spacial score (nSPS) is 12.2. The summed E-state index contributed by atoms with van der Waals surface area (Å²) >= 11 is 0. The highest BCUT2D eigenvalue weighted by molar-refractivity contribution is 5.66. The number of nitrogens with one attached hydrogen (secondary N) is 1. The fourth-order valence-corrected chi connectivity index (χ4v) is 1.70. The predicted octanol–water partition coefficient (Wildman–Crippen LogP) is 2.13. The summed E-state index contributed by atoms with van der Waals surface area (Å²) in [5, 5.41) is 11.7. The Kier molecular flexibility index (Phi) is 4.97. The summed E-state index contributed by atoms with van der Waals surface area (Å²) in [4.78, 5) is 10.4. The van der Waals surface area contributed by atoms with Crippen LogP contribution in [0.4, 0.5) is 0 Å². The summed E-state index contributed by atoms with van der Waals surface area (Å²) in [7, 11) is 1.64. The van der Waals surface area contributed by atoms with Crippen LogP contribution in [0, 0.1) is 6.92 Å². The van der Waals surface area contributed by atoms with Crippen LogP contribution >= 0.6 is 0 Å². The van der Waals surface area contributed by atoms with Crippen molar-refractivity contribution in [1.29, 1.82) is 0 Å². The van der Waals surface area contributed by atoms with E-state index < -0.39 is 5.97 Å². The number of hydrogen-bond donors (Lipinski definition) is 2. The maximum Gasteiger partial charge on any atom is 0.304 e. The molecular weight excluding hydrogens is 218 g/mol. The van der Waals surface area contributed by atoms with E-state index in [4.69, 9.17) is 9.84 Å². The SMILES string of the molecule is COc1ccc(C)cc1C(C)NCCC(=O)O. The summed E-state index contributed by atoms with van der Waals surface area (Å²) in [6.07, 6.45) is 0.123. The van der Waals surface area contributed by atoms with Crippen molar-refractivity contribution < 1.29 is 14.6 Å². The quantitative estimate of drug-likeness (QED) is 0.795. The zero-order valence-corrected chi connectivity index (χ0v) is 10.5. The molecule has 0 spiro atoms. The third kappa shape index (κ3) is 4.07. The number of rotatable bonds is 6. The second kappa shape index (κ2) is 6.25. The highest BCUT2D eigenvalue weighted by Crippen LogP contribution is 2.25. The van der Waals surface area contributed by atoms with Gasteiger partial charge in [-0.05, 0) is 19.9 Å². The summed E-state index contributed by atoms with van der Waals surface area (Å²) in [6, 6.07) is 6.05. The minimum atomic E-state index is -0.791. The van der Waals surface area contributed by atoms with Gasteiger partial charge >= 0.3 is 5.97 Å². The summed E-state index contributed by atoms with van der Waals surface area (Å²) in [5.74, 6) is 0.0341. The van der Waals surface area contributed by atoms with Gasteiger partial charge in [0.15, 0.2) is 0 Å². The third-order valence-corrected chi connectivity index (χ3v) is 2.64. The van der Waals surface area contributed by atoms with E-state index in [1.165, 1.54) is 0 Å². The maximum atomic E-state index is 10.4. The number of carboxylic acids is 1. The van der Waals surface area contributed by atoms with Gasteiger partial charge in [0.05, 0.1) is 13.5 Å². The Hall–Kier alpha value is -1.55. The Morgan fingerprint density at radius 2 is 2.24 bits per heavy atom. The molecule has 0 aromatic heterocycles. The topological polar surface area (TPSA) is 58.6 Å². The molecule has 1 aromatic carbocycles. The number of benzene rings is 1. The van der Waals surface area contributed by atoms with E-state index in [-0.39, 0.29) is 12.5 Å². The van der Waals surface area contributed by atoms with Crippen molar-refractivity contribution in [3.05, 3.63) is 29.3 Å². The van der Waals surface area contributed by atoms with Gasteiger partial charge in [-0.1, -0.05) is 17.7 Å². The average molecular weight is 237 g/mol. The number of hydrogen-bond acceptors (Lipinski definition) is 3. The molecule has 1 atom stereocenters. The van der Waals surface area contributed by atoms with Gasteiger partial charge in [0.2, 0.25) is 0 Å². The molecule has 0 amide bonds. The van der Waals surface area contributed by atoms with Crippen molar-refractivity contribution in [2.75, 3.05) is 13.7 Å². The van der Waals surface area contributed by atoms with Crippen LogP contribution in [0.3, 0.4) is 0 Å². The molecule has 1 aromatic rings. The highest BCUT2D eigenvalue weighted by atomic mass is 16.5. The zero-order valence-electron chi connectivity index (χ0n) is 10.5. The molecule has 4 heteroatoms. The van der Waals surface area contributed by atoms with E-state index in [2.05, 4.69) is 11.4 Å². The minimum Gasteiger partial charge on any atom is -0.496 e. The lowest BCUT2D eigenvalue weighted by Gasteiger charge is -2.17. The van der Waals surface area contributed by atoms with Gasteiger partial charge in [-0.3, -0.25) is 4.79 Å². The van der Waals surface area contributed by atoms with E-state index in [0.717, 1.165) is 16.9 Å². The molecule has 0 radical (unpaired) electrons. The number of carbonyl (C=O) groups is 1. The molecule has 0 saturated heterocycles. The lowest BCUT2D eigenvalue weighted by Crippen LogP contribution is -2.22. The second-order valence-electron chi connectivity index (χ2n) is 4.06. The number of ether oxygens (including phenoxy) is 1. The first kappa shape index (κ1) is 13.5. The smallest absolute Gasteiger partial charge is 0.304 e. The molecule has 2 N–H and O–H groups in total. The van der Waals surface area contributed by atoms with E-state index in [9.17, 15) is 4.79 Å². The molecule has 1 rings (SSSR count). The van der Waals surface area contributed by atoms with Crippen LogP contribution in [0.15, 0.2) is 18.2 Å². The first-order valence-corrected chi connectivity index (χ1v) is 5.64. The highest BCUT2D eigenvalue weighted by Gasteiger charge is 2.11. The Labute approximate surface area is 102 Å². The molecule has 0 aliphatic heterocycles. The number of carboxylic acid groups (broad SMARTS) is 1. The van der Waals surface area contributed by atoms with Gasteiger partial charge in [-0.15, -0.1) is 0 Å². The predicted molar refractivity (Wildman–Crippen MR) is 66.4 cm³/mol. The van der Waals surface area contributed by atoms with Crippen LogP contribution in [0.25, 0.3) is 0 Å². The number of aryl methyl sites for hydroxylation is 1. The van der Waals surface area contributed by atoms with Crippen LogP contribution in [0.2, 0.25) is 0 Å². The van der Waals surface area contributed by atoms with Crippen molar-refractivity contribution in [2.24, 2.45) is 0 Å². The lowest BCUT2D eigenvalue weighted by molar-refractivity contribution is -0.136. The summed E-state index contributed by atoms with van der Waals surface area (Å²) in [6.45, 7) is 4.47. The van der Waals surface area contributed by atoms with Crippen molar-refractivity contribution in [3.63, 3.8) is 0 Å². The fraction of sp³-hybridized carbons (Fsp3) is 0.462. The van der Waals surface area contributed by atoms with Gasteiger partial charge in [-0.25, -0.2) is 0 Å². The molecule has 0 fully saturated rings. The van der Waals surface area contributed by atoms with Crippen LogP contribution in [-0.2, 0) is 4.79 Å². The van der Waals surface area contributed by atoms with Gasteiger partial charge in [0, 0.05) is 18.2 Å². The first-order chi connectivity index (χ1) is 8.04. The Balaban J connectivity index is 2.69. The zero-order chi connectivity index (χ0) is 12.8. The van der Waals surface area contributed by atoms with E-state index in [1.807, 2.05) is 26.0 Å². The van der Waals surface area contributed by atoms with E-state index in [0.29, 0.717) is 6.54 Å². The lowest BCUT2D eigenvalue weighted by atomic mass is 10.0. The molecule has 0 aliphatic rings. The summed E-state index contributed by atoms with van der Waals surface area (Å²) in [5.41, 5.74) is 2.21. The molecule has 0 aliphatic carbocycles. The van der Waals surface area contributed by atoms with Crippen molar-refractivity contribution in [3.8, 4) is 5.75 Å². The maximum absolute atomic E-state index is 10.4. The minimum absolute atomic E-state index is 0.0733. The van der Waals surface area contributed by atoms with Gasteiger partial charge < -0.3 is 15.2 Å². The monoisotopic (exact) mass is 237 g/mol. The van der Waals surface area contributed by atoms with Crippen LogP contribution in [0.5, 0.6) is 5.75 Å². The van der Waals surface area contributed by atoms with Gasteiger partial charge in [0.1, 0.15) is 5.75 Å². The molecule has 1 unspecified atom stereocenters. The van der Waals surface area contributed by atoms with Crippen LogP contribution < -0.4 is 10.1 Å². The molecule has 0 bridgehead atoms. The molecule has 0 saturated carbocycles. The van der Waals surface area contributed by atoms with E-state index >= 15 is 0 Å². The number of methoxy groups -OCH3 is 1. The van der Waals surface area contributed by atoms with Crippen molar-refractivity contribution in [2.45, 2.75) is 26.3 Å². The Morgan fingerprint density at radius 1 is 1.53 bits per heavy atom. The van der Waals surface area contributed by atoms with Crippen molar-refractivity contribution in [1.82, 2.24) is 5.32 Å². The first-order valence-electron chi connectivity index (χ1n) is 5.64. The molecular formula is C13H19NO3. The van der Waals surface area contributed by atoms with Crippen LogP contribution in [-0.4, -0.2) is 24.7 Å². The fourth-order valence-electron chi connectivity index (χ4n) is 1.70. The standard InChI is InChI=1S/C13H19NO3/c1-9-4-5-12(17-3)11(8-9)10(2)14-7-6-13(15)16/h4-5,8,10,14H,6-7H2,1-3H3,(H,15,16). The van der Waals surface area contributed by atoms with Crippen LogP contribution in [0.1, 0.15) is 30.5 Å². The van der Waals surface area contributed by atoms with Gasteiger partial charge in [-0.2, -0.15) is 0 Å². The Morgan fingerprint density at radius 3 is 2.82 bits per heavy atom. The molecule has 0 heterocycles. The second-order valence-corrected chi connectivity index (χ2v) is 4.06. The average Bonchev–Trinajstić information content (AvgIpc) is 2.28.